The second-order valence-electron chi connectivity index (χ2n) is 6.09. The lowest BCUT2D eigenvalue weighted by Crippen LogP contribution is -2.56. The summed E-state index contributed by atoms with van der Waals surface area (Å²) in [5.74, 6) is 0.892. The van der Waals surface area contributed by atoms with Crippen LogP contribution >= 0.6 is 0 Å². The van der Waals surface area contributed by atoms with Crippen LogP contribution in [0.3, 0.4) is 0 Å². The Balaban J connectivity index is 1.55. The molecule has 0 spiro atoms. The molecule has 2 heterocycles. The Morgan fingerprint density at radius 2 is 1.88 bits per heavy atom. The van der Waals surface area contributed by atoms with Gasteiger partial charge in [0.05, 0.1) is 13.2 Å². The van der Waals surface area contributed by atoms with Crippen LogP contribution in [-0.4, -0.2) is 50.8 Å². The molecule has 0 aromatic heterocycles. The summed E-state index contributed by atoms with van der Waals surface area (Å²) >= 11 is 0. The van der Waals surface area contributed by atoms with Crippen LogP contribution in [0.1, 0.15) is 25.7 Å². The van der Waals surface area contributed by atoms with Crippen molar-refractivity contribution in [3.8, 4) is 0 Å². The summed E-state index contributed by atoms with van der Waals surface area (Å²) in [6, 6.07) is 0.837. The van der Waals surface area contributed by atoms with Crippen LogP contribution in [0, 0.1) is 11.3 Å². The molecule has 1 saturated carbocycles. The third kappa shape index (κ3) is 2.13. The first-order valence-corrected chi connectivity index (χ1v) is 6.78. The van der Waals surface area contributed by atoms with E-state index in [-0.39, 0.29) is 0 Å². The van der Waals surface area contributed by atoms with Crippen molar-refractivity contribution in [3.63, 3.8) is 0 Å². The fourth-order valence-electron chi connectivity index (χ4n) is 3.10. The fourth-order valence-corrected chi connectivity index (χ4v) is 3.10. The van der Waals surface area contributed by atoms with E-state index in [0.717, 1.165) is 25.2 Å². The normalized spacial score (nSPS) is 31.3. The Morgan fingerprint density at radius 1 is 1.19 bits per heavy atom. The van der Waals surface area contributed by atoms with E-state index >= 15 is 0 Å². The summed E-state index contributed by atoms with van der Waals surface area (Å²) in [5.41, 5.74) is 0.490. The lowest BCUT2D eigenvalue weighted by atomic mass is 9.69. The largest absolute Gasteiger partial charge is 0.380 e. The molecule has 3 fully saturated rings. The fraction of sp³-hybridized carbons (Fsp3) is 1.00. The molecule has 0 aromatic carbocycles. The van der Waals surface area contributed by atoms with Crippen LogP contribution in [-0.2, 0) is 4.74 Å². The van der Waals surface area contributed by atoms with Crippen molar-refractivity contribution in [1.29, 1.82) is 0 Å². The van der Waals surface area contributed by atoms with E-state index in [2.05, 4.69) is 17.3 Å². The van der Waals surface area contributed by atoms with E-state index < -0.39 is 0 Å². The van der Waals surface area contributed by atoms with Crippen molar-refractivity contribution in [1.82, 2.24) is 10.2 Å². The summed E-state index contributed by atoms with van der Waals surface area (Å²) in [7, 11) is 2.24. The van der Waals surface area contributed by atoms with Crippen molar-refractivity contribution in [2.24, 2.45) is 11.3 Å². The van der Waals surface area contributed by atoms with Crippen LogP contribution in [0.4, 0.5) is 0 Å². The molecule has 0 aromatic rings. The molecule has 0 atom stereocenters. The van der Waals surface area contributed by atoms with E-state index in [0.29, 0.717) is 5.41 Å². The van der Waals surface area contributed by atoms with Gasteiger partial charge in [-0.2, -0.15) is 0 Å². The summed E-state index contributed by atoms with van der Waals surface area (Å²) in [6.45, 7) is 5.75. The van der Waals surface area contributed by atoms with Crippen molar-refractivity contribution >= 4 is 0 Å². The minimum Gasteiger partial charge on any atom is -0.380 e. The third-order valence-corrected chi connectivity index (χ3v) is 4.68. The Morgan fingerprint density at radius 3 is 2.38 bits per heavy atom. The molecule has 0 unspecified atom stereocenters. The topological polar surface area (TPSA) is 24.5 Å². The first kappa shape index (κ1) is 11.0. The van der Waals surface area contributed by atoms with Crippen LogP contribution in [0.2, 0.25) is 0 Å². The molecular weight excluding hydrogens is 200 g/mol. The molecule has 2 aliphatic heterocycles. The lowest BCUT2D eigenvalue weighted by molar-refractivity contribution is -0.152. The molecule has 3 heteroatoms. The number of hydrogen-bond donors (Lipinski definition) is 1. The highest BCUT2D eigenvalue weighted by Crippen LogP contribution is 2.41. The number of rotatable bonds is 4. The number of ether oxygens (including phenoxy) is 1. The Hall–Kier alpha value is -0.120. The molecule has 3 rings (SSSR count). The highest BCUT2D eigenvalue weighted by molar-refractivity contribution is 4.97. The first-order valence-electron chi connectivity index (χ1n) is 6.78. The van der Waals surface area contributed by atoms with Crippen LogP contribution in [0.25, 0.3) is 0 Å². The summed E-state index contributed by atoms with van der Waals surface area (Å²) in [6.07, 6.45) is 5.52. The van der Waals surface area contributed by atoms with Crippen LogP contribution in [0.15, 0.2) is 0 Å². The van der Waals surface area contributed by atoms with E-state index in [1.807, 2.05) is 0 Å². The zero-order valence-corrected chi connectivity index (χ0v) is 10.4. The molecule has 3 aliphatic rings. The van der Waals surface area contributed by atoms with Gasteiger partial charge in [0, 0.05) is 18.0 Å². The first-order chi connectivity index (χ1) is 7.78. The summed E-state index contributed by atoms with van der Waals surface area (Å²) in [4.78, 5) is 2.46. The molecule has 1 aliphatic carbocycles. The van der Waals surface area contributed by atoms with Gasteiger partial charge in [0.25, 0.3) is 0 Å². The minimum absolute atomic E-state index is 0.490. The monoisotopic (exact) mass is 224 g/mol. The lowest BCUT2D eigenvalue weighted by Gasteiger charge is -2.50. The number of likely N-dealkylation sites (tertiary alicyclic amines) is 1. The van der Waals surface area contributed by atoms with Crippen molar-refractivity contribution < 1.29 is 4.74 Å². The number of hydrogen-bond acceptors (Lipinski definition) is 3. The molecular formula is C13H24N2O. The molecule has 92 valence electrons. The van der Waals surface area contributed by atoms with Crippen LogP contribution < -0.4 is 5.32 Å². The smallest absolute Gasteiger partial charge is 0.0559 e. The highest BCUT2D eigenvalue weighted by atomic mass is 16.5. The average Bonchev–Trinajstić information content (AvgIpc) is 3.03. The maximum atomic E-state index is 5.52. The molecule has 1 N–H and O–H groups in total. The van der Waals surface area contributed by atoms with Crippen molar-refractivity contribution in [3.05, 3.63) is 0 Å². The second kappa shape index (κ2) is 4.28. The quantitative estimate of drug-likeness (QED) is 0.774. The summed E-state index contributed by atoms with van der Waals surface area (Å²) < 4.78 is 5.52. The van der Waals surface area contributed by atoms with Gasteiger partial charge in [0.2, 0.25) is 0 Å². The molecule has 16 heavy (non-hydrogen) atoms. The maximum Gasteiger partial charge on any atom is 0.0559 e. The molecule has 0 radical (unpaired) electrons. The maximum absolute atomic E-state index is 5.52. The highest BCUT2D eigenvalue weighted by Gasteiger charge is 2.46. The zero-order chi connectivity index (χ0) is 11.0. The van der Waals surface area contributed by atoms with E-state index in [4.69, 9.17) is 4.74 Å². The zero-order valence-electron chi connectivity index (χ0n) is 10.4. The van der Waals surface area contributed by atoms with Crippen molar-refractivity contribution in [2.75, 3.05) is 39.9 Å². The van der Waals surface area contributed by atoms with E-state index in [1.54, 1.807) is 0 Å². The van der Waals surface area contributed by atoms with Gasteiger partial charge < -0.3 is 15.0 Å². The summed E-state index contributed by atoms with van der Waals surface area (Å²) in [5, 5.41) is 3.71. The Labute approximate surface area is 98.5 Å². The number of piperidine rings is 1. The van der Waals surface area contributed by atoms with Gasteiger partial charge in [-0.05, 0) is 51.7 Å². The van der Waals surface area contributed by atoms with E-state index in [9.17, 15) is 0 Å². The Kier molecular flexibility index (Phi) is 2.94. The number of nitrogens with zero attached hydrogens (tertiary/aromatic N) is 1. The molecule has 2 saturated heterocycles. The SMILES string of the molecule is CN1CCC(C2(CNC3CC3)COC2)CC1. The van der Waals surface area contributed by atoms with Gasteiger partial charge in [-0.25, -0.2) is 0 Å². The molecule has 0 amide bonds. The van der Waals surface area contributed by atoms with Gasteiger partial charge >= 0.3 is 0 Å². The van der Waals surface area contributed by atoms with Gasteiger partial charge in [0.15, 0.2) is 0 Å². The molecule has 0 bridgehead atoms. The van der Waals surface area contributed by atoms with Gasteiger partial charge in [-0.15, -0.1) is 0 Å². The van der Waals surface area contributed by atoms with Crippen molar-refractivity contribution in [2.45, 2.75) is 31.7 Å². The standard InChI is InChI=1S/C13H24N2O/c1-15-6-4-11(5-7-15)13(9-16-10-13)8-14-12-2-3-12/h11-12,14H,2-10H2,1H3. The third-order valence-electron chi connectivity index (χ3n) is 4.68. The number of nitrogens with one attached hydrogen (secondary N) is 1. The minimum atomic E-state index is 0.490. The van der Waals surface area contributed by atoms with Gasteiger partial charge in [0.1, 0.15) is 0 Å². The molecule has 3 nitrogen and oxygen atoms in total. The second-order valence-corrected chi connectivity index (χ2v) is 6.09. The van der Waals surface area contributed by atoms with Gasteiger partial charge in [-0.1, -0.05) is 0 Å². The predicted molar refractivity (Wildman–Crippen MR) is 64.5 cm³/mol. The van der Waals surface area contributed by atoms with Gasteiger partial charge in [-0.3, -0.25) is 0 Å². The Bertz CT molecular complexity index is 240. The van der Waals surface area contributed by atoms with Crippen LogP contribution in [0.5, 0.6) is 0 Å². The average molecular weight is 224 g/mol. The van der Waals surface area contributed by atoms with E-state index in [1.165, 1.54) is 45.3 Å². The predicted octanol–water partition coefficient (Wildman–Crippen LogP) is 1.10.